The molecule has 0 aliphatic heterocycles. The van der Waals surface area contributed by atoms with Crippen molar-refractivity contribution in [2.45, 2.75) is 91.9 Å². The van der Waals surface area contributed by atoms with Gasteiger partial charge in [-0.3, -0.25) is 0 Å². The van der Waals surface area contributed by atoms with E-state index in [1.165, 1.54) is 0 Å². The molecular weight excluding hydrogens is 288 g/mol. The SMILES string of the molecule is CC(C)C1CCC2C(CCC3C4CCC(C(C)C)CC4CCC23)C1. The quantitative estimate of drug-likeness (QED) is 0.503. The number of hydrogen-bond donors (Lipinski definition) is 0. The van der Waals surface area contributed by atoms with Crippen LogP contribution < -0.4 is 0 Å². The zero-order valence-corrected chi connectivity index (χ0v) is 16.8. The van der Waals surface area contributed by atoms with Gasteiger partial charge in [0, 0.05) is 0 Å². The van der Waals surface area contributed by atoms with Gasteiger partial charge in [0.1, 0.15) is 0 Å². The summed E-state index contributed by atoms with van der Waals surface area (Å²) >= 11 is 0. The van der Waals surface area contributed by atoms with E-state index in [2.05, 4.69) is 27.7 Å². The molecule has 4 rings (SSSR count). The van der Waals surface area contributed by atoms with Gasteiger partial charge in [-0.2, -0.15) is 0 Å². The molecule has 24 heavy (non-hydrogen) atoms. The van der Waals surface area contributed by atoms with Gasteiger partial charge in [0.2, 0.25) is 0 Å². The summed E-state index contributed by atoms with van der Waals surface area (Å²) in [4.78, 5) is 0. The first-order chi connectivity index (χ1) is 11.5. The summed E-state index contributed by atoms with van der Waals surface area (Å²) in [6, 6.07) is 0. The monoisotopic (exact) mass is 330 g/mol. The lowest BCUT2D eigenvalue weighted by molar-refractivity contribution is -0.0614. The molecule has 0 saturated heterocycles. The van der Waals surface area contributed by atoms with E-state index in [9.17, 15) is 0 Å². The van der Waals surface area contributed by atoms with Crippen molar-refractivity contribution in [3.05, 3.63) is 0 Å². The van der Waals surface area contributed by atoms with Crippen LogP contribution >= 0.6 is 0 Å². The first kappa shape index (κ1) is 17.4. The van der Waals surface area contributed by atoms with Crippen LogP contribution in [0.15, 0.2) is 0 Å². The Morgan fingerprint density at radius 1 is 0.458 bits per heavy atom. The van der Waals surface area contributed by atoms with E-state index < -0.39 is 0 Å². The Bertz CT molecular complexity index is 382. The summed E-state index contributed by atoms with van der Waals surface area (Å²) in [6.07, 6.45) is 15.8. The highest BCUT2D eigenvalue weighted by atomic mass is 14.5. The number of hydrogen-bond acceptors (Lipinski definition) is 0. The topological polar surface area (TPSA) is 0 Å². The van der Waals surface area contributed by atoms with Crippen molar-refractivity contribution >= 4 is 0 Å². The average Bonchev–Trinajstić information content (AvgIpc) is 2.59. The predicted molar refractivity (Wildman–Crippen MR) is 104 cm³/mol. The van der Waals surface area contributed by atoms with E-state index in [1.807, 2.05) is 0 Å². The highest BCUT2D eigenvalue weighted by Gasteiger charge is 2.49. The van der Waals surface area contributed by atoms with Crippen LogP contribution in [0.2, 0.25) is 0 Å². The molecule has 4 fully saturated rings. The molecule has 0 heteroatoms. The van der Waals surface area contributed by atoms with E-state index in [0.717, 1.165) is 59.2 Å². The predicted octanol–water partition coefficient (Wildman–Crippen LogP) is 7.18. The molecule has 4 aliphatic rings. The van der Waals surface area contributed by atoms with Crippen LogP contribution in [0.4, 0.5) is 0 Å². The van der Waals surface area contributed by atoms with Crippen LogP contribution in [0.3, 0.4) is 0 Å². The van der Waals surface area contributed by atoms with Gasteiger partial charge < -0.3 is 0 Å². The van der Waals surface area contributed by atoms with Crippen molar-refractivity contribution < 1.29 is 0 Å². The van der Waals surface area contributed by atoms with Crippen molar-refractivity contribution in [2.24, 2.45) is 59.2 Å². The Morgan fingerprint density at radius 2 is 0.833 bits per heavy atom. The van der Waals surface area contributed by atoms with Crippen LogP contribution in [0.1, 0.15) is 91.9 Å². The van der Waals surface area contributed by atoms with Crippen LogP contribution in [-0.4, -0.2) is 0 Å². The molecule has 0 aromatic carbocycles. The molecule has 0 radical (unpaired) electrons. The second-order valence-corrected chi connectivity index (χ2v) is 11.0. The summed E-state index contributed by atoms with van der Waals surface area (Å²) in [5.74, 6) is 10.7. The van der Waals surface area contributed by atoms with E-state index in [-0.39, 0.29) is 0 Å². The Labute approximate surface area is 151 Å². The van der Waals surface area contributed by atoms with Gasteiger partial charge in [0.25, 0.3) is 0 Å². The standard InChI is InChI=1S/C24H42/c1-15(2)17-5-9-21-19(13-17)7-11-24-22-10-6-18(16(3)4)14-20(22)8-12-23(21)24/h15-24H,5-14H2,1-4H3. The second-order valence-electron chi connectivity index (χ2n) is 11.0. The number of fused-ring (bicyclic) bond motifs is 5. The third-order valence-electron chi connectivity index (χ3n) is 9.44. The first-order valence-corrected chi connectivity index (χ1v) is 11.5. The molecule has 0 spiro atoms. The van der Waals surface area contributed by atoms with Crippen molar-refractivity contribution in [3.63, 3.8) is 0 Å². The molecule has 8 atom stereocenters. The zero-order chi connectivity index (χ0) is 16.8. The summed E-state index contributed by atoms with van der Waals surface area (Å²) in [5.41, 5.74) is 0. The fraction of sp³-hybridized carbons (Fsp3) is 1.00. The largest absolute Gasteiger partial charge is 0.0625 e. The minimum absolute atomic E-state index is 0.922. The third-order valence-corrected chi connectivity index (χ3v) is 9.44. The van der Waals surface area contributed by atoms with Gasteiger partial charge >= 0.3 is 0 Å². The lowest BCUT2D eigenvalue weighted by Gasteiger charge is -2.56. The zero-order valence-electron chi connectivity index (χ0n) is 16.8. The molecule has 4 saturated carbocycles. The Kier molecular flexibility index (Phi) is 5.05. The molecule has 0 aromatic heterocycles. The molecule has 8 unspecified atom stereocenters. The molecule has 0 aromatic rings. The molecule has 4 aliphatic carbocycles. The van der Waals surface area contributed by atoms with Crippen molar-refractivity contribution in [1.29, 1.82) is 0 Å². The molecule has 0 nitrogen and oxygen atoms in total. The number of rotatable bonds is 2. The van der Waals surface area contributed by atoms with E-state index in [4.69, 9.17) is 0 Å². The highest BCUT2D eigenvalue weighted by Crippen LogP contribution is 2.58. The molecule has 0 N–H and O–H groups in total. The smallest absolute Gasteiger partial charge is 0.0352 e. The van der Waals surface area contributed by atoms with E-state index in [1.54, 1.807) is 64.2 Å². The lowest BCUT2D eigenvalue weighted by atomic mass is 9.49. The summed E-state index contributed by atoms with van der Waals surface area (Å²) in [5, 5.41) is 0. The van der Waals surface area contributed by atoms with Gasteiger partial charge in [-0.05, 0) is 123 Å². The van der Waals surface area contributed by atoms with E-state index >= 15 is 0 Å². The van der Waals surface area contributed by atoms with Crippen LogP contribution in [0.25, 0.3) is 0 Å². The second kappa shape index (κ2) is 6.96. The van der Waals surface area contributed by atoms with Crippen LogP contribution in [-0.2, 0) is 0 Å². The van der Waals surface area contributed by atoms with Crippen molar-refractivity contribution in [3.8, 4) is 0 Å². The fourth-order valence-corrected chi connectivity index (χ4v) is 7.95. The van der Waals surface area contributed by atoms with Gasteiger partial charge in [-0.15, -0.1) is 0 Å². The summed E-state index contributed by atoms with van der Waals surface area (Å²) in [7, 11) is 0. The highest BCUT2D eigenvalue weighted by molar-refractivity contribution is 4.99. The Hall–Kier alpha value is 0. The van der Waals surface area contributed by atoms with Gasteiger partial charge in [-0.25, -0.2) is 0 Å². The Morgan fingerprint density at radius 3 is 1.21 bits per heavy atom. The fourth-order valence-electron chi connectivity index (χ4n) is 7.95. The first-order valence-electron chi connectivity index (χ1n) is 11.5. The van der Waals surface area contributed by atoms with Crippen molar-refractivity contribution in [1.82, 2.24) is 0 Å². The molecular formula is C24H42. The minimum Gasteiger partial charge on any atom is -0.0625 e. The van der Waals surface area contributed by atoms with Crippen molar-refractivity contribution in [2.75, 3.05) is 0 Å². The van der Waals surface area contributed by atoms with E-state index in [0.29, 0.717) is 0 Å². The minimum atomic E-state index is 0.922. The maximum Gasteiger partial charge on any atom is -0.0352 e. The summed E-state index contributed by atoms with van der Waals surface area (Å²) < 4.78 is 0. The molecule has 0 bridgehead atoms. The van der Waals surface area contributed by atoms with Crippen LogP contribution in [0.5, 0.6) is 0 Å². The third kappa shape index (κ3) is 3.09. The van der Waals surface area contributed by atoms with Gasteiger partial charge in [0.15, 0.2) is 0 Å². The van der Waals surface area contributed by atoms with Crippen LogP contribution in [0, 0.1) is 59.2 Å². The van der Waals surface area contributed by atoms with Gasteiger partial charge in [0.05, 0.1) is 0 Å². The molecule has 0 heterocycles. The lowest BCUT2D eigenvalue weighted by Crippen LogP contribution is -2.47. The maximum absolute atomic E-state index is 2.47. The normalized spacial score (nSPS) is 48.8. The Balaban J connectivity index is 1.43. The summed E-state index contributed by atoms with van der Waals surface area (Å²) in [6.45, 7) is 9.87. The molecule has 0 amide bonds. The average molecular weight is 331 g/mol. The van der Waals surface area contributed by atoms with Gasteiger partial charge in [-0.1, -0.05) is 27.7 Å². The maximum atomic E-state index is 2.47. The molecule has 138 valence electrons.